The van der Waals surface area contributed by atoms with Crippen LogP contribution in [-0.2, 0) is 0 Å². The van der Waals surface area contributed by atoms with Crippen LogP contribution in [0.2, 0.25) is 10.0 Å². The maximum absolute atomic E-state index is 10.3. The number of H-pyrrole nitrogens is 1. The number of amidine groups is 1. The first kappa shape index (κ1) is 16.6. The van der Waals surface area contributed by atoms with E-state index in [1.165, 1.54) is 11.2 Å². The van der Waals surface area contributed by atoms with E-state index in [-0.39, 0.29) is 18.1 Å². The second kappa shape index (κ2) is 6.48. The number of rotatable bonds is 3. The summed E-state index contributed by atoms with van der Waals surface area (Å²) in [6.45, 7) is 0.0902. The van der Waals surface area contributed by atoms with E-state index in [0.29, 0.717) is 27.0 Å². The van der Waals surface area contributed by atoms with E-state index < -0.39 is 0 Å². The predicted octanol–water partition coefficient (Wildman–Crippen LogP) is 4.47. The zero-order chi connectivity index (χ0) is 18.3. The van der Waals surface area contributed by atoms with Crippen molar-refractivity contribution in [3.05, 3.63) is 69.7 Å². The van der Waals surface area contributed by atoms with Crippen LogP contribution in [0.3, 0.4) is 0 Å². The van der Waals surface area contributed by atoms with Gasteiger partial charge < -0.3 is 10.1 Å². The molecule has 2 heterocycles. The fourth-order valence-corrected chi connectivity index (χ4v) is 3.18. The normalized spacial score (nSPS) is 15.0. The van der Waals surface area contributed by atoms with Gasteiger partial charge in [-0.15, -0.1) is 0 Å². The topological polar surface area (TPSA) is 88.4 Å². The van der Waals surface area contributed by atoms with E-state index in [1.807, 2.05) is 24.3 Å². The van der Waals surface area contributed by atoms with E-state index in [9.17, 15) is 5.11 Å². The number of nitrogens with zero attached hydrogens (tertiary/aromatic N) is 3. The van der Waals surface area contributed by atoms with Crippen LogP contribution < -0.4 is 0 Å². The van der Waals surface area contributed by atoms with Gasteiger partial charge in [-0.2, -0.15) is 5.10 Å². The number of benzene rings is 2. The largest absolute Gasteiger partial charge is 0.509 e. The Bertz CT molecular complexity index is 1050. The first-order chi connectivity index (χ1) is 12.5. The van der Waals surface area contributed by atoms with E-state index in [4.69, 9.17) is 28.6 Å². The van der Waals surface area contributed by atoms with Gasteiger partial charge in [0.25, 0.3) is 0 Å². The molecule has 0 radical (unpaired) electrons. The Morgan fingerprint density at radius 3 is 2.81 bits per heavy atom. The first-order valence-corrected chi connectivity index (χ1v) is 8.51. The smallest absolute Gasteiger partial charge is 0.156 e. The van der Waals surface area contributed by atoms with Gasteiger partial charge >= 0.3 is 0 Å². The van der Waals surface area contributed by atoms with E-state index >= 15 is 0 Å². The van der Waals surface area contributed by atoms with Crippen molar-refractivity contribution in [1.82, 2.24) is 15.0 Å². The molecule has 1 aliphatic rings. The molecule has 26 heavy (non-hydrogen) atoms. The van der Waals surface area contributed by atoms with Crippen molar-refractivity contribution in [2.45, 2.75) is 0 Å². The molecule has 1 aliphatic heterocycles. The molecule has 0 atom stereocenters. The highest BCUT2D eigenvalue weighted by molar-refractivity contribution is 6.36. The van der Waals surface area contributed by atoms with Gasteiger partial charge in [-0.05, 0) is 24.3 Å². The van der Waals surface area contributed by atoms with Crippen molar-refractivity contribution < 1.29 is 5.11 Å². The van der Waals surface area contributed by atoms with E-state index in [2.05, 4.69) is 15.1 Å². The summed E-state index contributed by atoms with van der Waals surface area (Å²) in [6.07, 6.45) is 1.53. The van der Waals surface area contributed by atoms with Gasteiger partial charge in [0.2, 0.25) is 0 Å². The average molecular weight is 386 g/mol. The second-order valence-electron chi connectivity index (χ2n) is 5.74. The molecule has 4 rings (SSSR count). The molecule has 2 aromatic carbocycles. The quantitative estimate of drug-likeness (QED) is 0.581. The molecule has 0 bridgehead atoms. The van der Waals surface area contributed by atoms with Crippen molar-refractivity contribution in [2.24, 2.45) is 5.10 Å². The van der Waals surface area contributed by atoms with Gasteiger partial charge in [-0.3, -0.25) is 5.41 Å². The number of aliphatic hydroxyl groups is 1. The second-order valence-corrected chi connectivity index (χ2v) is 6.58. The molecule has 3 N–H and O–H groups in total. The summed E-state index contributed by atoms with van der Waals surface area (Å²) >= 11 is 12.0. The van der Waals surface area contributed by atoms with E-state index in [1.54, 1.807) is 18.2 Å². The minimum atomic E-state index is 0.0356. The van der Waals surface area contributed by atoms with Crippen molar-refractivity contribution in [1.29, 1.82) is 5.41 Å². The van der Waals surface area contributed by atoms with Gasteiger partial charge in [0.1, 0.15) is 23.7 Å². The summed E-state index contributed by atoms with van der Waals surface area (Å²) in [5, 5.41) is 25.3. The zero-order valence-corrected chi connectivity index (χ0v) is 14.9. The summed E-state index contributed by atoms with van der Waals surface area (Å²) in [5.74, 6) is 0.534. The predicted molar refractivity (Wildman–Crippen MR) is 104 cm³/mol. The molecule has 0 spiro atoms. The third-order valence-corrected chi connectivity index (χ3v) is 4.57. The molecule has 1 aromatic heterocycles. The number of para-hydroxylation sites is 2. The zero-order valence-electron chi connectivity index (χ0n) is 13.4. The maximum atomic E-state index is 10.3. The lowest BCUT2D eigenvalue weighted by Gasteiger charge is -2.11. The Morgan fingerprint density at radius 2 is 2.04 bits per heavy atom. The number of hydrogen-bond acceptors (Lipinski definition) is 4. The molecule has 3 aromatic rings. The minimum Gasteiger partial charge on any atom is -0.509 e. The van der Waals surface area contributed by atoms with Crippen LogP contribution in [0.1, 0.15) is 11.4 Å². The SMILES string of the molecule is N=C1C(c2nc3ccccc3[nH]2)=C(O)CN1/N=C/c1ccc(Cl)cc1Cl. The lowest BCUT2D eigenvalue weighted by Crippen LogP contribution is -2.21. The van der Waals surface area contributed by atoms with Crippen LogP contribution in [0.4, 0.5) is 0 Å². The number of aliphatic hydroxyl groups excluding tert-OH is 1. The standard InChI is InChI=1S/C18H13Cl2N5O/c19-11-6-5-10(12(20)7-11)8-22-25-9-15(26)16(17(25)21)18-23-13-3-1-2-4-14(13)24-18/h1-8,21,26H,9H2,(H,23,24)/b21-17?,22-8+. The molecule has 0 saturated carbocycles. The Labute approximate surface area is 158 Å². The molecule has 0 fully saturated rings. The number of hydrogen-bond donors (Lipinski definition) is 3. The van der Waals surface area contributed by atoms with Crippen LogP contribution in [0.25, 0.3) is 16.6 Å². The lowest BCUT2D eigenvalue weighted by atomic mass is 10.2. The first-order valence-electron chi connectivity index (χ1n) is 7.75. The fraction of sp³-hybridized carbons (Fsp3) is 0.0556. The van der Waals surface area contributed by atoms with Crippen LogP contribution in [0, 0.1) is 5.41 Å². The van der Waals surface area contributed by atoms with Crippen LogP contribution >= 0.6 is 23.2 Å². The van der Waals surface area contributed by atoms with Crippen LogP contribution in [-0.4, -0.2) is 38.7 Å². The van der Waals surface area contributed by atoms with E-state index in [0.717, 1.165) is 11.0 Å². The highest BCUT2D eigenvalue weighted by Crippen LogP contribution is 2.27. The van der Waals surface area contributed by atoms with Gasteiger partial charge in [0.05, 0.1) is 22.3 Å². The number of halogens is 2. The Morgan fingerprint density at radius 1 is 1.23 bits per heavy atom. The Balaban J connectivity index is 1.61. The Kier molecular flexibility index (Phi) is 4.14. The van der Waals surface area contributed by atoms with Gasteiger partial charge in [0, 0.05) is 10.6 Å². The summed E-state index contributed by atoms with van der Waals surface area (Å²) in [6, 6.07) is 12.6. The molecule has 0 unspecified atom stereocenters. The molecule has 0 aliphatic carbocycles. The number of hydrazone groups is 1. The number of aromatic amines is 1. The van der Waals surface area contributed by atoms with Crippen molar-refractivity contribution in [3.63, 3.8) is 0 Å². The molecule has 130 valence electrons. The molecular formula is C18H13Cl2N5O. The third kappa shape index (κ3) is 2.94. The summed E-state index contributed by atoms with van der Waals surface area (Å²) in [4.78, 5) is 7.57. The van der Waals surface area contributed by atoms with Crippen molar-refractivity contribution in [2.75, 3.05) is 6.54 Å². The highest BCUT2D eigenvalue weighted by Gasteiger charge is 2.30. The molecule has 6 nitrogen and oxygen atoms in total. The molecular weight excluding hydrogens is 373 g/mol. The molecule has 0 amide bonds. The summed E-state index contributed by atoms with van der Waals surface area (Å²) < 4.78 is 0. The van der Waals surface area contributed by atoms with Gasteiger partial charge in [-0.1, -0.05) is 41.4 Å². The number of nitrogens with one attached hydrogen (secondary N) is 2. The maximum Gasteiger partial charge on any atom is 0.156 e. The minimum absolute atomic E-state index is 0.0356. The number of aromatic nitrogens is 2. The number of fused-ring (bicyclic) bond motifs is 1. The summed E-state index contributed by atoms with van der Waals surface area (Å²) in [7, 11) is 0. The highest BCUT2D eigenvalue weighted by atomic mass is 35.5. The molecule has 0 saturated heterocycles. The van der Waals surface area contributed by atoms with Crippen LogP contribution in [0.5, 0.6) is 0 Å². The van der Waals surface area contributed by atoms with Crippen molar-refractivity contribution in [3.8, 4) is 0 Å². The fourth-order valence-electron chi connectivity index (χ4n) is 2.72. The Hall–Kier alpha value is -2.83. The monoisotopic (exact) mass is 385 g/mol. The van der Waals surface area contributed by atoms with Crippen molar-refractivity contribution >= 4 is 51.9 Å². The van der Waals surface area contributed by atoms with Gasteiger partial charge in [0.15, 0.2) is 5.84 Å². The third-order valence-electron chi connectivity index (χ3n) is 4.01. The number of imidazole rings is 1. The lowest BCUT2D eigenvalue weighted by molar-refractivity contribution is 0.358. The summed E-state index contributed by atoms with van der Waals surface area (Å²) in [5.41, 5.74) is 2.61. The van der Waals surface area contributed by atoms with Gasteiger partial charge in [-0.25, -0.2) is 9.99 Å². The molecule has 8 heteroatoms. The average Bonchev–Trinajstić information content (AvgIpc) is 3.14. The van der Waals surface area contributed by atoms with Crippen LogP contribution in [0.15, 0.2) is 53.3 Å².